The minimum atomic E-state index is -4.70. The van der Waals surface area contributed by atoms with Crippen LogP contribution >= 0.6 is 11.6 Å². The van der Waals surface area contributed by atoms with E-state index in [-0.39, 0.29) is 10.7 Å². The van der Waals surface area contributed by atoms with Gasteiger partial charge in [0.25, 0.3) is 0 Å². The molecule has 1 rings (SSSR count). The van der Waals surface area contributed by atoms with Gasteiger partial charge in [0.2, 0.25) is 0 Å². The Balaban J connectivity index is 3.00. The third-order valence-corrected chi connectivity index (χ3v) is 2.11. The van der Waals surface area contributed by atoms with Crippen molar-refractivity contribution in [2.45, 2.75) is 6.18 Å². The van der Waals surface area contributed by atoms with Crippen molar-refractivity contribution in [2.24, 2.45) is 0 Å². The molecular formula is C11H9ClF3NO2. The second-order valence-electron chi connectivity index (χ2n) is 3.21. The third-order valence-electron chi connectivity index (χ3n) is 1.87. The summed E-state index contributed by atoms with van der Waals surface area (Å²) < 4.78 is 42.1. The molecule has 0 bridgehead atoms. The number of hydrogen-bond acceptors (Lipinski definition) is 3. The summed E-state index contributed by atoms with van der Waals surface area (Å²) in [6.45, 7) is 0. The molecule has 0 atom stereocenters. The Morgan fingerprint density at radius 3 is 2.61 bits per heavy atom. The summed E-state index contributed by atoms with van der Waals surface area (Å²) in [7, 11) is 0.992. The number of anilines is 1. The van der Waals surface area contributed by atoms with Crippen LogP contribution in [-0.4, -0.2) is 19.3 Å². The molecular weight excluding hydrogens is 271 g/mol. The topological polar surface area (TPSA) is 38.3 Å². The average Bonchev–Trinajstić information content (AvgIpc) is 2.26. The summed E-state index contributed by atoms with van der Waals surface area (Å²) >= 11 is 5.64. The van der Waals surface area contributed by atoms with Gasteiger partial charge in [0.05, 0.1) is 13.2 Å². The van der Waals surface area contributed by atoms with Gasteiger partial charge in [-0.25, -0.2) is 4.79 Å². The van der Waals surface area contributed by atoms with Crippen LogP contribution in [0.2, 0.25) is 5.02 Å². The first-order chi connectivity index (χ1) is 8.32. The van der Waals surface area contributed by atoms with E-state index in [0.717, 1.165) is 7.11 Å². The number of hydrogen-bond donors (Lipinski definition) is 1. The summed E-state index contributed by atoms with van der Waals surface area (Å²) in [6.07, 6.45) is -4.36. The lowest BCUT2D eigenvalue weighted by atomic mass is 10.3. The molecule has 0 saturated heterocycles. The number of alkyl halides is 3. The minimum Gasteiger partial charge on any atom is -0.466 e. The summed E-state index contributed by atoms with van der Waals surface area (Å²) in [5.74, 6) is -1.10. The number of carbonyl (C=O) groups excluding carboxylic acids is 1. The maximum Gasteiger partial charge on any atom is 0.431 e. The lowest BCUT2D eigenvalue weighted by Gasteiger charge is -2.14. The molecule has 0 aromatic heterocycles. The van der Waals surface area contributed by atoms with E-state index < -0.39 is 17.8 Å². The van der Waals surface area contributed by atoms with Gasteiger partial charge in [0, 0.05) is 10.7 Å². The lowest BCUT2D eigenvalue weighted by Crippen LogP contribution is -2.20. The quantitative estimate of drug-likeness (QED) is 0.681. The van der Waals surface area contributed by atoms with E-state index in [4.69, 9.17) is 11.6 Å². The van der Waals surface area contributed by atoms with Gasteiger partial charge in [0.1, 0.15) is 5.70 Å². The Kier molecular flexibility index (Phi) is 4.61. The zero-order valence-electron chi connectivity index (χ0n) is 9.22. The molecule has 18 heavy (non-hydrogen) atoms. The van der Waals surface area contributed by atoms with E-state index in [0.29, 0.717) is 6.08 Å². The molecule has 3 nitrogen and oxygen atoms in total. The van der Waals surface area contributed by atoms with Crippen molar-refractivity contribution in [3.8, 4) is 0 Å². The van der Waals surface area contributed by atoms with Crippen LogP contribution in [0.15, 0.2) is 36.0 Å². The molecule has 98 valence electrons. The fourth-order valence-electron chi connectivity index (χ4n) is 1.09. The van der Waals surface area contributed by atoms with Crippen molar-refractivity contribution < 1.29 is 22.7 Å². The van der Waals surface area contributed by atoms with Crippen molar-refractivity contribution in [3.63, 3.8) is 0 Å². The number of benzene rings is 1. The predicted molar refractivity (Wildman–Crippen MR) is 61.2 cm³/mol. The third kappa shape index (κ3) is 4.29. The number of halogens is 4. The Labute approximate surface area is 106 Å². The molecule has 0 aliphatic heterocycles. The molecule has 0 unspecified atom stereocenters. The van der Waals surface area contributed by atoms with Crippen LogP contribution in [0.25, 0.3) is 0 Å². The lowest BCUT2D eigenvalue weighted by molar-refractivity contribution is -0.135. The molecule has 0 amide bonds. The van der Waals surface area contributed by atoms with Gasteiger partial charge in [0.15, 0.2) is 0 Å². The highest BCUT2D eigenvalue weighted by Gasteiger charge is 2.34. The maximum atomic E-state index is 12.6. The Bertz CT molecular complexity index is 472. The van der Waals surface area contributed by atoms with E-state index in [1.165, 1.54) is 24.3 Å². The summed E-state index contributed by atoms with van der Waals surface area (Å²) in [5.41, 5.74) is -1.11. The van der Waals surface area contributed by atoms with Crippen LogP contribution in [0, 0.1) is 0 Å². The molecule has 0 saturated carbocycles. The average molecular weight is 280 g/mol. The first-order valence-corrected chi connectivity index (χ1v) is 5.10. The Morgan fingerprint density at radius 1 is 1.44 bits per heavy atom. The summed E-state index contributed by atoms with van der Waals surface area (Å²) in [5, 5.41) is 2.35. The highest BCUT2D eigenvalue weighted by Crippen LogP contribution is 2.27. The van der Waals surface area contributed by atoms with Crippen molar-refractivity contribution in [2.75, 3.05) is 12.4 Å². The van der Waals surface area contributed by atoms with Gasteiger partial charge in [-0.3, -0.25) is 0 Å². The van der Waals surface area contributed by atoms with Crippen molar-refractivity contribution in [1.29, 1.82) is 0 Å². The van der Waals surface area contributed by atoms with E-state index in [9.17, 15) is 18.0 Å². The first kappa shape index (κ1) is 14.4. The molecule has 0 spiro atoms. The van der Waals surface area contributed by atoms with Gasteiger partial charge >= 0.3 is 12.1 Å². The van der Waals surface area contributed by atoms with Crippen LogP contribution in [-0.2, 0) is 9.53 Å². The molecule has 0 heterocycles. The van der Waals surface area contributed by atoms with E-state index in [1.54, 1.807) is 0 Å². The summed E-state index contributed by atoms with van der Waals surface area (Å²) in [6, 6.07) is 5.70. The number of esters is 1. The standard InChI is InChI=1S/C11H9ClF3NO2/c1-18-10(17)6-9(11(13,14)15)16-8-4-2-3-7(12)5-8/h2-6,16H,1H3/b9-6+. The number of carbonyl (C=O) groups is 1. The van der Waals surface area contributed by atoms with Crippen molar-refractivity contribution in [3.05, 3.63) is 41.1 Å². The second-order valence-corrected chi connectivity index (χ2v) is 3.65. The van der Waals surface area contributed by atoms with Crippen LogP contribution in [0.3, 0.4) is 0 Å². The maximum absolute atomic E-state index is 12.6. The molecule has 7 heteroatoms. The van der Waals surface area contributed by atoms with Crippen LogP contribution in [0.5, 0.6) is 0 Å². The molecule has 0 fully saturated rings. The van der Waals surface area contributed by atoms with Crippen LogP contribution < -0.4 is 5.32 Å². The summed E-state index contributed by atoms with van der Waals surface area (Å²) in [4.78, 5) is 10.9. The van der Waals surface area contributed by atoms with Crippen molar-refractivity contribution in [1.82, 2.24) is 0 Å². The molecule has 1 aromatic carbocycles. The van der Waals surface area contributed by atoms with Gasteiger partial charge < -0.3 is 10.1 Å². The predicted octanol–water partition coefficient (Wildman–Crippen LogP) is 3.37. The highest BCUT2D eigenvalue weighted by molar-refractivity contribution is 6.30. The monoisotopic (exact) mass is 279 g/mol. The van der Waals surface area contributed by atoms with Gasteiger partial charge in [-0.1, -0.05) is 17.7 Å². The Morgan fingerprint density at radius 2 is 2.11 bits per heavy atom. The number of allylic oxidation sites excluding steroid dienone is 1. The van der Waals surface area contributed by atoms with Gasteiger partial charge in [-0.15, -0.1) is 0 Å². The minimum absolute atomic E-state index is 0.120. The largest absolute Gasteiger partial charge is 0.466 e. The highest BCUT2D eigenvalue weighted by atomic mass is 35.5. The fourth-order valence-corrected chi connectivity index (χ4v) is 1.28. The zero-order chi connectivity index (χ0) is 13.8. The fraction of sp³-hybridized carbons (Fsp3) is 0.182. The van der Waals surface area contributed by atoms with E-state index >= 15 is 0 Å². The van der Waals surface area contributed by atoms with E-state index in [2.05, 4.69) is 10.1 Å². The van der Waals surface area contributed by atoms with Crippen LogP contribution in [0.1, 0.15) is 0 Å². The number of nitrogens with one attached hydrogen (secondary N) is 1. The van der Waals surface area contributed by atoms with Crippen LogP contribution in [0.4, 0.5) is 18.9 Å². The Hall–Kier alpha value is -1.69. The normalized spacial score (nSPS) is 12.2. The molecule has 0 aliphatic carbocycles. The van der Waals surface area contributed by atoms with Gasteiger partial charge in [-0.2, -0.15) is 13.2 Å². The molecule has 1 N–H and O–H groups in total. The van der Waals surface area contributed by atoms with Gasteiger partial charge in [-0.05, 0) is 18.2 Å². The number of ether oxygens (including phenoxy) is 1. The molecule has 1 aromatic rings. The molecule has 0 aliphatic rings. The smallest absolute Gasteiger partial charge is 0.431 e. The number of methoxy groups -OCH3 is 1. The number of rotatable bonds is 3. The first-order valence-electron chi connectivity index (χ1n) is 4.72. The van der Waals surface area contributed by atoms with Crippen molar-refractivity contribution >= 4 is 23.3 Å². The SMILES string of the molecule is COC(=O)/C=C(/Nc1cccc(Cl)c1)C(F)(F)F. The zero-order valence-corrected chi connectivity index (χ0v) is 9.97. The second kappa shape index (κ2) is 5.77. The molecule has 0 radical (unpaired) electrons. The van der Waals surface area contributed by atoms with E-state index in [1.807, 2.05) is 0 Å².